The molecule has 0 bridgehead atoms. The molecule has 0 aliphatic carbocycles. The third-order valence-electron chi connectivity index (χ3n) is 3.40. The van der Waals surface area contributed by atoms with Crippen LogP contribution in [0.2, 0.25) is 0 Å². The van der Waals surface area contributed by atoms with Crippen LogP contribution < -0.4 is 5.32 Å². The van der Waals surface area contributed by atoms with Gasteiger partial charge in [-0.05, 0) is 37.7 Å². The Balaban J connectivity index is 1.87. The van der Waals surface area contributed by atoms with Gasteiger partial charge >= 0.3 is 0 Å². The predicted molar refractivity (Wildman–Crippen MR) is 81.5 cm³/mol. The quantitative estimate of drug-likeness (QED) is 0.845. The van der Waals surface area contributed by atoms with Gasteiger partial charge < -0.3 is 10.2 Å². The fraction of sp³-hybridized carbons (Fsp3) is 0.571. The molecule has 0 amide bonds. The number of likely N-dealkylation sites (N-methyl/N-ethyl adjacent to an activating group) is 1. The molecule has 0 radical (unpaired) electrons. The van der Waals surface area contributed by atoms with E-state index in [1.165, 1.54) is 17.3 Å². The van der Waals surface area contributed by atoms with Crippen LogP contribution >= 0.6 is 11.7 Å². The molecule has 2 rings (SSSR count). The van der Waals surface area contributed by atoms with Crippen molar-refractivity contribution in [3.63, 3.8) is 0 Å². The van der Waals surface area contributed by atoms with Gasteiger partial charge in [-0.2, -0.15) is 8.75 Å². The molecule has 1 aromatic heterocycles. The van der Waals surface area contributed by atoms with Crippen molar-refractivity contribution in [1.82, 2.24) is 19.0 Å². The Kier molecular flexibility index (Phi) is 5.24. The lowest BCUT2D eigenvalue weighted by molar-refractivity contribution is 0.270. The van der Waals surface area contributed by atoms with E-state index in [2.05, 4.69) is 51.9 Å². The highest BCUT2D eigenvalue weighted by Crippen LogP contribution is 2.13. The summed E-state index contributed by atoms with van der Waals surface area (Å²) in [7, 11) is 0. The third-order valence-corrected chi connectivity index (χ3v) is 3.96. The summed E-state index contributed by atoms with van der Waals surface area (Å²) >= 11 is 1.27. The second-order valence-corrected chi connectivity index (χ2v) is 5.38. The molecule has 0 spiro atoms. The molecule has 0 saturated carbocycles. The number of fused-ring (bicyclic) bond motifs is 1. The van der Waals surface area contributed by atoms with E-state index in [0.717, 1.165) is 37.2 Å². The first-order valence-electron chi connectivity index (χ1n) is 6.89. The van der Waals surface area contributed by atoms with Crippen LogP contribution in [0.4, 0.5) is 0 Å². The maximum atomic E-state index is 4.28. The predicted octanol–water partition coefficient (Wildman–Crippen LogP) is 2.51. The van der Waals surface area contributed by atoms with Gasteiger partial charge in [0.05, 0.1) is 11.7 Å². The Labute approximate surface area is 119 Å². The van der Waals surface area contributed by atoms with Crippen molar-refractivity contribution in [2.24, 2.45) is 0 Å². The van der Waals surface area contributed by atoms with Crippen molar-refractivity contribution in [3.05, 3.63) is 23.8 Å². The molecule has 4 nitrogen and oxygen atoms in total. The van der Waals surface area contributed by atoms with Crippen molar-refractivity contribution in [2.75, 3.05) is 19.6 Å². The van der Waals surface area contributed by atoms with Crippen LogP contribution in [-0.2, 0) is 6.54 Å². The highest BCUT2D eigenvalue weighted by molar-refractivity contribution is 7.00. The number of aromatic nitrogens is 2. The molecule has 0 fully saturated rings. The minimum absolute atomic E-state index is 0.490. The zero-order valence-electron chi connectivity index (χ0n) is 11.9. The third kappa shape index (κ3) is 3.96. The molecule has 0 aliphatic heterocycles. The first kappa shape index (κ1) is 14.4. The Bertz CT molecular complexity index is 507. The molecule has 1 heterocycles. The van der Waals surface area contributed by atoms with Crippen LogP contribution in [0.5, 0.6) is 0 Å². The Morgan fingerprint density at radius 3 is 2.68 bits per heavy atom. The number of rotatable bonds is 7. The molecular formula is C14H22N4S. The fourth-order valence-electron chi connectivity index (χ4n) is 2.16. The number of benzene rings is 1. The summed E-state index contributed by atoms with van der Waals surface area (Å²) in [5.74, 6) is 0. The molecule has 5 heteroatoms. The van der Waals surface area contributed by atoms with E-state index in [1.54, 1.807) is 0 Å². The number of nitrogens with one attached hydrogen (secondary N) is 1. The van der Waals surface area contributed by atoms with Gasteiger partial charge in [-0.25, -0.2) is 0 Å². The van der Waals surface area contributed by atoms with E-state index in [-0.39, 0.29) is 0 Å². The van der Waals surface area contributed by atoms with Gasteiger partial charge in [0.2, 0.25) is 0 Å². The topological polar surface area (TPSA) is 41.0 Å². The SMILES string of the molecule is CCN(CC)C[C@H](C)NCc1ccc2nsnc2c1. The van der Waals surface area contributed by atoms with Gasteiger partial charge in [0.15, 0.2) is 0 Å². The molecule has 1 N–H and O–H groups in total. The summed E-state index contributed by atoms with van der Waals surface area (Å²) in [6.45, 7) is 10.8. The van der Waals surface area contributed by atoms with E-state index < -0.39 is 0 Å². The summed E-state index contributed by atoms with van der Waals surface area (Å²) in [5.41, 5.74) is 3.26. The fourth-order valence-corrected chi connectivity index (χ4v) is 2.68. The maximum absolute atomic E-state index is 4.28. The summed E-state index contributed by atoms with van der Waals surface area (Å²) < 4.78 is 8.50. The average Bonchev–Trinajstić information content (AvgIpc) is 2.89. The van der Waals surface area contributed by atoms with Gasteiger partial charge in [-0.15, -0.1) is 0 Å². The van der Waals surface area contributed by atoms with Gasteiger partial charge in [0.25, 0.3) is 0 Å². The summed E-state index contributed by atoms with van der Waals surface area (Å²) in [6, 6.07) is 6.78. The van der Waals surface area contributed by atoms with Crippen molar-refractivity contribution < 1.29 is 0 Å². The summed E-state index contributed by atoms with van der Waals surface area (Å²) in [6.07, 6.45) is 0. The van der Waals surface area contributed by atoms with Crippen LogP contribution in [0.3, 0.4) is 0 Å². The summed E-state index contributed by atoms with van der Waals surface area (Å²) in [4.78, 5) is 2.44. The largest absolute Gasteiger partial charge is 0.309 e. The van der Waals surface area contributed by atoms with E-state index in [0.29, 0.717) is 6.04 Å². The monoisotopic (exact) mass is 278 g/mol. The van der Waals surface area contributed by atoms with Crippen molar-refractivity contribution in [2.45, 2.75) is 33.4 Å². The zero-order valence-corrected chi connectivity index (χ0v) is 12.7. The number of hydrogen-bond acceptors (Lipinski definition) is 5. The smallest absolute Gasteiger partial charge is 0.105 e. The van der Waals surface area contributed by atoms with Gasteiger partial charge in [-0.1, -0.05) is 19.9 Å². The van der Waals surface area contributed by atoms with Crippen molar-refractivity contribution >= 4 is 22.8 Å². The maximum Gasteiger partial charge on any atom is 0.105 e. The standard InChI is InChI=1S/C14H22N4S/c1-4-18(5-2)10-11(3)15-9-12-6-7-13-14(8-12)17-19-16-13/h6-8,11,15H,4-5,9-10H2,1-3H3/t11-/m0/s1. The first-order chi connectivity index (χ1) is 9.22. The van der Waals surface area contributed by atoms with Crippen LogP contribution in [0.25, 0.3) is 11.0 Å². The molecule has 0 unspecified atom stereocenters. The number of nitrogens with zero attached hydrogens (tertiary/aromatic N) is 3. The van der Waals surface area contributed by atoms with Gasteiger partial charge in [0, 0.05) is 19.1 Å². The highest BCUT2D eigenvalue weighted by atomic mass is 32.1. The Hall–Kier alpha value is -1.04. The molecule has 0 aliphatic rings. The summed E-state index contributed by atoms with van der Waals surface area (Å²) in [5, 5.41) is 3.57. The molecule has 1 atom stereocenters. The molecule has 1 aromatic carbocycles. The molecule has 2 aromatic rings. The van der Waals surface area contributed by atoms with E-state index >= 15 is 0 Å². The van der Waals surface area contributed by atoms with Crippen LogP contribution in [-0.4, -0.2) is 39.3 Å². The van der Waals surface area contributed by atoms with Crippen molar-refractivity contribution in [1.29, 1.82) is 0 Å². The lowest BCUT2D eigenvalue weighted by Crippen LogP contribution is -2.38. The van der Waals surface area contributed by atoms with Gasteiger partial charge in [-0.3, -0.25) is 0 Å². The lowest BCUT2D eigenvalue weighted by atomic mass is 10.2. The second kappa shape index (κ2) is 6.93. The zero-order chi connectivity index (χ0) is 13.7. The van der Waals surface area contributed by atoms with Crippen LogP contribution in [0, 0.1) is 0 Å². The van der Waals surface area contributed by atoms with Gasteiger partial charge in [0.1, 0.15) is 11.0 Å². The van der Waals surface area contributed by atoms with E-state index in [4.69, 9.17) is 0 Å². The Morgan fingerprint density at radius 1 is 1.21 bits per heavy atom. The minimum Gasteiger partial charge on any atom is -0.309 e. The van der Waals surface area contributed by atoms with E-state index in [9.17, 15) is 0 Å². The normalized spacial score (nSPS) is 13.3. The lowest BCUT2D eigenvalue weighted by Gasteiger charge is -2.23. The second-order valence-electron chi connectivity index (χ2n) is 4.86. The van der Waals surface area contributed by atoms with Crippen molar-refractivity contribution in [3.8, 4) is 0 Å². The Morgan fingerprint density at radius 2 is 1.95 bits per heavy atom. The highest BCUT2D eigenvalue weighted by Gasteiger charge is 2.07. The van der Waals surface area contributed by atoms with Crippen LogP contribution in [0.15, 0.2) is 18.2 Å². The average molecular weight is 278 g/mol. The molecular weight excluding hydrogens is 256 g/mol. The molecule has 0 saturated heterocycles. The van der Waals surface area contributed by atoms with Crippen LogP contribution in [0.1, 0.15) is 26.3 Å². The van der Waals surface area contributed by atoms with E-state index in [1.807, 2.05) is 6.07 Å². The minimum atomic E-state index is 0.490. The molecule has 19 heavy (non-hydrogen) atoms. The molecule has 104 valence electrons. The first-order valence-corrected chi connectivity index (χ1v) is 7.62. The number of hydrogen-bond donors (Lipinski definition) is 1.